The first-order valence-corrected chi connectivity index (χ1v) is 8.86. The molecule has 1 aromatic carbocycles. The largest absolute Gasteiger partial charge is 0.243 e. The third kappa shape index (κ3) is 3.13. The monoisotopic (exact) mass is 331 g/mol. The second-order valence-electron chi connectivity index (χ2n) is 4.55. The van der Waals surface area contributed by atoms with Crippen LogP contribution in [0.4, 0.5) is 0 Å². The highest BCUT2D eigenvalue weighted by Gasteiger charge is 2.25. The van der Waals surface area contributed by atoms with Crippen molar-refractivity contribution < 1.29 is 8.42 Å². The molecule has 0 spiro atoms. The number of hydrogen-bond acceptors (Lipinski definition) is 2. The van der Waals surface area contributed by atoms with E-state index in [0.29, 0.717) is 18.0 Å². The maximum atomic E-state index is 12.4. The number of halogens is 1. The van der Waals surface area contributed by atoms with E-state index < -0.39 is 10.0 Å². The highest BCUT2D eigenvalue weighted by atomic mass is 79.9. The molecule has 1 aliphatic rings. The van der Waals surface area contributed by atoms with Gasteiger partial charge in [0.05, 0.1) is 4.90 Å². The predicted molar refractivity (Wildman–Crippen MR) is 76.5 cm³/mol. The number of aryl methyl sites for hydroxylation is 1. The minimum Gasteiger partial charge on any atom is -0.207 e. The molecule has 0 aromatic heterocycles. The molecule has 3 nitrogen and oxygen atoms in total. The van der Waals surface area contributed by atoms with Crippen LogP contribution in [0, 0.1) is 0 Å². The van der Waals surface area contributed by atoms with Gasteiger partial charge in [-0.1, -0.05) is 34.5 Å². The first kappa shape index (κ1) is 14.0. The molecule has 0 atom stereocenters. The van der Waals surface area contributed by atoms with E-state index in [9.17, 15) is 8.42 Å². The Kier molecular flexibility index (Phi) is 4.81. The Labute approximate surface area is 117 Å². The SMILES string of the molecule is O=S(=O)(c1ccc(CCBr)cc1)N1CCCCC1. The number of alkyl halides is 1. The van der Waals surface area contributed by atoms with E-state index >= 15 is 0 Å². The molecule has 1 saturated heterocycles. The number of nitrogens with zero attached hydrogens (tertiary/aromatic N) is 1. The summed E-state index contributed by atoms with van der Waals surface area (Å²) in [7, 11) is -3.27. The minimum atomic E-state index is -3.27. The van der Waals surface area contributed by atoms with Crippen LogP contribution in [-0.2, 0) is 16.4 Å². The molecule has 0 bridgehead atoms. The number of hydrogen-bond donors (Lipinski definition) is 0. The maximum absolute atomic E-state index is 12.4. The van der Waals surface area contributed by atoms with E-state index in [-0.39, 0.29) is 0 Å². The lowest BCUT2D eigenvalue weighted by atomic mass is 10.2. The second kappa shape index (κ2) is 6.17. The molecule has 0 saturated carbocycles. The van der Waals surface area contributed by atoms with Crippen LogP contribution < -0.4 is 0 Å². The summed E-state index contributed by atoms with van der Waals surface area (Å²) in [5.41, 5.74) is 1.16. The number of rotatable bonds is 4. The van der Waals surface area contributed by atoms with Gasteiger partial charge in [0.1, 0.15) is 0 Å². The van der Waals surface area contributed by atoms with E-state index in [1.54, 1.807) is 16.4 Å². The Bertz CT molecular complexity index is 478. The van der Waals surface area contributed by atoms with Gasteiger partial charge >= 0.3 is 0 Å². The van der Waals surface area contributed by atoms with Crippen molar-refractivity contribution in [2.75, 3.05) is 18.4 Å². The van der Waals surface area contributed by atoms with Gasteiger partial charge in [-0.2, -0.15) is 4.31 Å². The molecule has 5 heteroatoms. The van der Waals surface area contributed by atoms with Gasteiger partial charge in [-0.3, -0.25) is 0 Å². The Balaban J connectivity index is 2.18. The maximum Gasteiger partial charge on any atom is 0.243 e. The van der Waals surface area contributed by atoms with E-state index in [1.807, 2.05) is 12.1 Å². The fourth-order valence-electron chi connectivity index (χ4n) is 2.19. The van der Waals surface area contributed by atoms with Gasteiger partial charge in [0.15, 0.2) is 0 Å². The lowest BCUT2D eigenvalue weighted by molar-refractivity contribution is 0.346. The van der Waals surface area contributed by atoms with Crippen molar-refractivity contribution >= 4 is 26.0 Å². The Morgan fingerprint density at radius 2 is 1.67 bits per heavy atom. The predicted octanol–water partition coefficient (Wildman–Crippen LogP) is 2.80. The summed E-state index contributed by atoms with van der Waals surface area (Å²) < 4.78 is 26.4. The molecule has 0 amide bonds. The molecular formula is C13H18BrNO2S. The number of sulfonamides is 1. The molecule has 1 heterocycles. The Morgan fingerprint density at radius 1 is 1.06 bits per heavy atom. The normalized spacial score (nSPS) is 17.8. The van der Waals surface area contributed by atoms with Gasteiger partial charge in [0.25, 0.3) is 0 Å². The van der Waals surface area contributed by atoms with Gasteiger partial charge in [0.2, 0.25) is 10.0 Å². The van der Waals surface area contributed by atoms with Crippen LogP contribution in [-0.4, -0.2) is 31.1 Å². The highest BCUT2D eigenvalue weighted by Crippen LogP contribution is 2.20. The van der Waals surface area contributed by atoms with Crippen LogP contribution in [0.25, 0.3) is 0 Å². The zero-order valence-corrected chi connectivity index (χ0v) is 12.7. The summed E-state index contributed by atoms with van der Waals surface area (Å²) in [5.74, 6) is 0. The molecule has 0 N–H and O–H groups in total. The lowest BCUT2D eigenvalue weighted by Crippen LogP contribution is -2.35. The topological polar surface area (TPSA) is 37.4 Å². The summed E-state index contributed by atoms with van der Waals surface area (Å²) in [6.45, 7) is 1.32. The first-order valence-electron chi connectivity index (χ1n) is 6.29. The average molecular weight is 332 g/mol. The van der Waals surface area contributed by atoms with Crippen LogP contribution >= 0.6 is 15.9 Å². The molecule has 1 aromatic rings. The standard InChI is InChI=1S/C13H18BrNO2S/c14-9-8-12-4-6-13(7-5-12)18(16,17)15-10-2-1-3-11-15/h4-7H,1-3,8-11H2. The summed E-state index contributed by atoms with van der Waals surface area (Å²) >= 11 is 3.38. The van der Waals surface area contributed by atoms with Crippen molar-refractivity contribution in [3.63, 3.8) is 0 Å². The fraction of sp³-hybridized carbons (Fsp3) is 0.538. The first-order chi connectivity index (χ1) is 8.64. The van der Waals surface area contributed by atoms with E-state index in [0.717, 1.165) is 36.6 Å². The van der Waals surface area contributed by atoms with Crippen LogP contribution in [0.15, 0.2) is 29.2 Å². The van der Waals surface area contributed by atoms with Crippen molar-refractivity contribution in [1.82, 2.24) is 4.31 Å². The number of benzene rings is 1. The molecule has 0 radical (unpaired) electrons. The Morgan fingerprint density at radius 3 is 2.22 bits per heavy atom. The summed E-state index contributed by atoms with van der Waals surface area (Å²) in [4.78, 5) is 0.419. The quantitative estimate of drug-likeness (QED) is 0.795. The molecular weight excluding hydrogens is 314 g/mol. The summed E-state index contributed by atoms with van der Waals surface area (Å²) in [6.07, 6.45) is 4.00. The van der Waals surface area contributed by atoms with E-state index in [4.69, 9.17) is 0 Å². The van der Waals surface area contributed by atoms with Gasteiger partial charge in [-0.25, -0.2) is 8.42 Å². The van der Waals surface area contributed by atoms with Crippen LogP contribution in [0.2, 0.25) is 0 Å². The van der Waals surface area contributed by atoms with Crippen molar-refractivity contribution in [3.05, 3.63) is 29.8 Å². The average Bonchev–Trinajstić information content (AvgIpc) is 2.41. The lowest BCUT2D eigenvalue weighted by Gasteiger charge is -2.25. The smallest absolute Gasteiger partial charge is 0.207 e. The van der Waals surface area contributed by atoms with Gasteiger partial charge in [0, 0.05) is 18.4 Å². The third-order valence-corrected chi connectivity index (χ3v) is 5.57. The van der Waals surface area contributed by atoms with Gasteiger partial charge < -0.3 is 0 Å². The molecule has 100 valence electrons. The zero-order chi connectivity index (χ0) is 13.0. The minimum absolute atomic E-state index is 0.419. The van der Waals surface area contributed by atoms with Crippen molar-refractivity contribution in [2.24, 2.45) is 0 Å². The van der Waals surface area contributed by atoms with Gasteiger partial charge in [-0.15, -0.1) is 0 Å². The van der Waals surface area contributed by atoms with Crippen LogP contribution in [0.5, 0.6) is 0 Å². The Hall–Kier alpha value is -0.390. The van der Waals surface area contributed by atoms with Crippen molar-refractivity contribution in [2.45, 2.75) is 30.6 Å². The molecule has 2 rings (SSSR count). The molecule has 1 aliphatic heterocycles. The number of piperidine rings is 1. The molecule has 0 unspecified atom stereocenters. The summed E-state index contributed by atoms with van der Waals surface area (Å²) in [5, 5.41) is 0.894. The molecule has 1 fully saturated rings. The van der Waals surface area contributed by atoms with Crippen molar-refractivity contribution in [1.29, 1.82) is 0 Å². The van der Waals surface area contributed by atoms with Gasteiger partial charge in [-0.05, 0) is 37.0 Å². The van der Waals surface area contributed by atoms with Crippen molar-refractivity contribution in [3.8, 4) is 0 Å². The third-order valence-electron chi connectivity index (χ3n) is 3.26. The summed E-state index contributed by atoms with van der Waals surface area (Å²) in [6, 6.07) is 7.25. The highest BCUT2D eigenvalue weighted by molar-refractivity contribution is 9.09. The van der Waals surface area contributed by atoms with E-state index in [2.05, 4.69) is 15.9 Å². The van der Waals surface area contributed by atoms with Crippen LogP contribution in [0.1, 0.15) is 24.8 Å². The zero-order valence-electron chi connectivity index (χ0n) is 10.3. The fourth-order valence-corrected chi connectivity index (χ4v) is 4.17. The molecule has 0 aliphatic carbocycles. The molecule has 18 heavy (non-hydrogen) atoms. The second-order valence-corrected chi connectivity index (χ2v) is 7.28. The van der Waals surface area contributed by atoms with E-state index in [1.165, 1.54) is 0 Å². The van der Waals surface area contributed by atoms with Crippen LogP contribution in [0.3, 0.4) is 0 Å².